The molecule has 9 nitrogen and oxygen atoms in total. The topological polar surface area (TPSA) is 114 Å². The largest absolute Gasteiger partial charge is 0.463 e. The number of carbonyl (C=O) groups excluding carboxylic acids is 4. The lowest BCUT2D eigenvalue weighted by atomic mass is 10.00. The second-order valence-corrected chi connectivity index (χ2v) is 5.05. The van der Waals surface area contributed by atoms with Crippen molar-refractivity contribution in [2.75, 3.05) is 6.61 Å². The van der Waals surface area contributed by atoms with E-state index in [1.807, 2.05) is 0 Å². The molecule has 5 atom stereocenters. The Morgan fingerprint density at radius 2 is 1.33 bits per heavy atom. The molecule has 1 heterocycles. The van der Waals surface area contributed by atoms with Gasteiger partial charge in [0.1, 0.15) is 12.7 Å². The summed E-state index contributed by atoms with van der Waals surface area (Å²) >= 11 is 0. The lowest BCUT2D eigenvalue weighted by molar-refractivity contribution is -0.288. The molecule has 0 aromatic rings. The summed E-state index contributed by atoms with van der Waals surface area (Å²) in [7, 11) is 0. The summed E-state index contributed by atoms with van der Waals surface area (Å²) in [6.07, 6.45) is -8.03. The summed E-state index contributed by atoms with van der Waals surface area (Å²) in [4.78, 5) is 44.4. The maximum Gasteiger partial charge on any atom is 0.305 e. The van der Waals surface area contributed by atoms with E-state index >= 15 is 0 Å². The van der Waals surface area contributed by atoms with E-state index in [1.54, 1.807) is 0 Å². The Morgan fingerprint density at radius 3 is 1.79 bits per heavy atom. The Bertz CT molecular complexity index is 504. The quantitative estimate of drug-likeness (QED) is 0.500. The fraction of sp³-hybridized carbons (Fsp3) is 0.714. The highest BCUT2D eigenvalue weighted by atomic mass is 19.1. The Balaban J connectivity index is 3.04. The van der Waals surface area contributed by atoms with Gasteiger partial charge in [0.25, 0.3) is 0 Å². The van der Waals surface area contributed by atoms with Crippen LogP contribution in [0, 0.1) is 0 Å². The van der Waals surface area contributed by atoms with Crippen molar-refractivity contribution in [1.29, 1.82) is 0 Å². The number of hydrogen-bond donors (Lipinski definition) is 0. The zero-order chi connectivity index (χ0) is 18.4. The summed E-state index contributed by atoms with van der Waals surface area (Å²) in [5, 5.41) is 0. The second-order valence-electron chi connectivity index (χ2n) is 5.05. The van der Waals surface area contributed by atoms with Crippen LogP contribution in [0.15, 0.2) is 0 Å². The van der Waals surface area contributed by atoms with E-state index in [4.69, 9.17) is 23.7 Å². The number of halogens is 1. The zero-order valence-electron chi connectivity index (χ0n) is 13.6. The molecule has 1 aliphatic rings. The summed E-state index contributed by atoms with van der Waals surface area (Å²) < 4.78 is 39.3. The van der Waals surface area contributed by atoms with Gasteiger partial charge in [-0.25, -0.2) is 4.39 Å². The van der Waals surface area contributed by atoms with Gasteiger partial charge in [0.2, 0.25) is 6.29 Å². The van der Waals surface area contributed by atoms with Gasteiger partial charge < -0.3 is 23.7 Å². The van der Waals surface area contributed by atoms with Crippen molar-refractivity contribution < 1.29 is 47.3 Å². The third-order valence-corrected chi connectivity index (χ3v) is 2.91. The van der Waals surface area contributed by atoms with E-state index in [-0.39, 0.29) is 0 Å². The maximum atomic E-state index is 14.7. The van der Waals surface area contributed by atoms with Crippen molar-refractivity contribution in [2.24, 2.45) is 0 Å². The minimum Gasteiger partial charge on any atom is -0.463 e. The lowest BCUT2D eigenvalue weighted by Crippen LogP contribution is -2.60. The van der Waals surface area contributed by atoms with Gasteiger partial charge in [-0.15, -0.1) is 0 Å². The van der Waals surface area contributed by atoms with Crippen LogP contribution in [-0.4, -0.2) is 61.3 Å². The molecule has 1 rings (SSSR count). The molecule has 0 aromatic carbocycles. The second kappa shape index (κ2) is 8.57. The van der Waals surface area contributed by atoms with Crippen LogP contribution in [0.5, 0.6) is 0 Å². The monoisotopic (exact) mass is 350 g/mol. The minimum absolute atomic E-state index is 0.446. The number of carbonyl (C=O) groups is 4. The third-order valence-electron chi connectivity index (χ3n) is 2.91. The molecule has 1 aliphatic heterocycles. The van der Waals surface area contributed by atoms with E-state index in [1.165, 1.54) is 0 Å². The summed E-state index contributed by atoms with van der Waals surface area (Å²) in [6, 6.07) is 0. The molecule has 0 amide bonds. The predicted octanol–water partition coefficient (Wildman–Crippen LogP) is 0.0390. The fourth-order valence-electron chi connectivity index (χ4n) is 2.11. The van der Waals surface area contributed by atoms with Crippen LogP contribution in [0.25, 0.3) is 0 Å². The number of esters is 4. The highest BCUT2D eigenvalue weighted by Crippen LogP contribution is 2.29. The predicted molar refractivity (Wildman–Crippen MR) is 73.1 cm³/mol. The van der Waals surface area contributed by atoms with Crippen LogP contribution in [0.3, 0.4) is 0 Å². The standard InChI is InChI=1S/C14H19FO9/c1-6(16)20-5-10-12(21-7(2)17)11(15)13(22-8(3)18)14(24-10)23-9(4)19/h10-14H,5H2,1-4H3/t10-,11+,12-,13+,14+/m1/s1. The van der Waals surface area contributed by atoms with Crippen LogP contribution in [0.1, 0.15) is 27.7 Å². The number of hydrogen-bond acceptors (Lipinski definition) is 9. The smallest absolute Gasteiger partial charge is 0.305 e. The van der Waals surface area contributed by atoms with E-state index in [2.05, 4.69) is 0 Å². The Labute approximate surface area is 137 Å². The van der Waals surface area contributed by atoms with E-state index < -0.39 is 61.3 Å². The van der Waals surface area contributed by atoms with E-state index in [9.17, 15) is 23.6 Å². The summed E-state index contributed by atoms with van der Waals surface area (Å²) in [6.45, 7) is 3.82. The van der Waals surface area contributed by atoms with Crippen LogP contribution in [0.2, 0.25) is 0 Å². The van der Waals surface area contributed by atoms with Crippen molar-refractivity contribution >= 4 is 23.9 Å². The van der Waals surface area contributed by atoms with Crippen molar-refractivity contribution in [1.82, 2.24) is 0 Å². The van der Waals surface area contributed by atoms with Gasteiger partial charge in [0.05, 0.1) is 0 Å². The molecule has 0 N–H and O–H groups in total. The van der Waals surface area contributed by atoms with Gasteiger partial charge in [-0.05, 0) is 0 Å². The molecule has 0 radical (unpaired) electrons. The molecule has 0 aliphatic carbocycles. The van der Waals surface area contributed by atoms with Crippen LogP contribution in [0.4, 0.5) is 4.39 Å². The highest BCUT2D eigenvalue weighted by Gasteiger charge is 2.52. The SMILES string of the molecule is CC(=O)OC[C@H]1O[C@H](OC(C)=O)[C@@H](OC(C)=O)[C@@H](F)[C@@H]1OC(C)=O. The van der Waals surface area contributed by atoms with Crippen LogP contribution >= 0.6 is 0 Å². The molecule has 0 bridgehead atoms. The van der Waals surface area contributed by atoms with Crippen molar-refractivity contribution in [3.8, 4) is 0 Å². The van der Waals surface area contributed by atoms with Gasteiger partial charge in [-0.1, -0.05) is 0 Å². The summed E-state index contributed by atoms with van der Waals surface area (Å²) in [5.74, 6) is -3.13. The van der Waals surface area contributed by atoms with Gasteiger partial charge in [0, 0.05) is 27.7 Å². The first kappa shape index (κ1) is 19.8. The average Bonchev–Trinajstić information content (AvgIpc) is 2.42. The van der Waals surface area contributed by atoms with E-state index in [0.717, 1.165) is 27.7 Å². The molecule has 0 spiro atoms. The Morgan fingerprint density at radius 1 is 0.833 bits per heavy atom. The minimum atomic E-state index is -2.06. The molecular weight excluding hydrogens is 331 g/mol. The van der Waals surface area contributed by atoms with Crippen LogP contribution in [-0.2, 0) is 42.9 Å². The Hall–Kier alpha value is -2.23. The van der Waals surface area contributed by atoms with Crippen molar-refractivity contribution in [3.63, 3.8) is 0 Å². The first-order valence-corrected chi connectivity index (χ1v) is 7.06. The normalized spacial score (nSPS) is 29.3. The number of rotatable bonds is 5. The molecule has 10 heteroatoms. The molecule has 0 aromatic heterocycles. The lowest BCUT2D eigenvalue weighted by Gasteiger charge is -2.41. The number of alkyl halides is 1. The molecule has 0 saturated carbocycles. The first-order valence-electron chi connectivity index (χ1n) is 7.06. The fourth-order valence-corrected chi connectivity index (χ4v) is 2.11. The highest BCUT2D eigenvalue weighted by molar-refractivity contribution is 5.68. The Kier molecular flexibility index (Phi) is 7.08. The molecule has 1 saturated heterocycles. The molecule has 136 valence electrons. The van der Waals surface area contributed by atoms with Crippen molar-refractivity contribution in [2.45, 2.75) is 58.5 Å². The van der Waals surface area contributed by atoms with Crippen LogP contribution < -0.4 is 0 Å². The van der Waals surface area contributed by atoms with Gasteiger partial charge in [0.15, 0.2) is 18.4 Å². The van der Waals surface area contributed by atoms with Crippen molar-refractivity contribution in [3.05, 3.63) is 0 Å². The molecular formula is C14H19FO9. The van der Waals surface area contributed by atoms with Gasteiger partial charge >= 0.3 is 23.9 Å². The molecule has 0 unspecified atom stereocenters. The average molecular weight is 350 g/mol. The first-order chi connectivity index (χ1) is 11.1. The van der Waals surface area contributed by atoms with Gasteiger partial charge in [-0.3, -0.25) is 19.2 Å². The number of ether oxygens (including phenoxy) is 5. The van der Waals surface area contributed by atoms with Gasteiger partial charge in [-0.2, -0.15) is 0 Å². The maximum absolute atomic E-state index is 14.7. The zero-order valence-corrected chi connectivity index (χ0v) is 13.6. The third kappa shape index (κ3) is 5.76. The summed E-state index contributed by atoms with van der Waals surface area (Å²) in [5.41, 5.74) is 0. The molecule has 1 fully saturated rings. The van der Waals surface area contributed by atoms with E-state index in [0.29, 0.717) is 0 Å². The molecule has 24 heavy (non-hydrogen) atoms.